The van der Waals surface area contributed by atoms with Gasteiger partial charge in [-0.1, -0.05) is 17.7 Å². The zero-order valence-corrected chi connectivity index (χ0v) is 11.2. The van der Waals surface area contributed by atoms with E-state index in [-0.39, 0.29) is 0 Å². The molecule has 0 aromatic heterocycles. The Kier molecular flexibility index (Phi) is 4.28. The predicted molar refractivity (Wildman–Crippen MR) is 68.4 cm³/mol. The summed E-state index contributed by atoms with van der Waals surface area (Å²) in [6.45, 7) is 3.42. The van der Waals surface area contributed by atoms with Crippen molar-refractivity contribution in [3.05, 3.63) is 28.8 Å². The van der Waals surface area contributed by atoms with Crippen LogP contribution in [0.15, 0.2) is 23.1 Å². The SMILES string of the molecule is CSc1cccc(Cl)c1CC(C)(C)C(=O)O. The molecular formula is C12H15ClO2S. The van der Waals surface area contributed by atoms with Crippen molar-refractivity contribution in [1.29, 1.82) is 0 Å². The quantitative estimate of drug-likeness (QED) is 0.837. The fraction of sp³-hybridized carbons (Fsp3) is 0.417. The summed E-state index contributed by atoms with van der Waals surface area (Å²) in [5.41, 5.74) is 0.124. The van der Waals surface area contributed by atoms with Gasteiger partial charge in [-0.05, 0) is 44.2 Å². The second kappa shape index (κ2) is 5.11. The van der Waals surface area contributed by atoms with Crippen LogP contribution in [0.3, 0.4) is 0 Å². The van der Waals surface area contributed by atoms with E-state index in [0.29, 0.717) is 11.4 Å². The maximum absolute atomic E-state index is 11.1. The number of carbonyl (C=O) groups is 1. The van der Waals surface area contributed by atoms with Crippen molar-refractivity contribution >= 4 is 29.3 Å². The third-order valence-corrected chi connectivity index (χ3v) is 3.67. The van der Waals surface area contributed by atoms with Crippen molar-refractivity contribution in [2.75, 3.05) is 6.26 Å². The zero-order valence-electron chi connectivity index (χ0n) is 9.58. The Morgan fingerprint density at radius 1 is 1.50 bits per heavy atom. The molecule has 0 aliphatic heterocycles. The third-order valence-electron chi connectivity index (χ3n) is 2.49. The molecule has 0 saturated carbocycles. The first-order valence-corrected chi connectivity index (χ1v) is 6.53. The van der Waals surface area contributed by atoms with Crippen LogP contribution < -0.4 is 0 Å². The maximum atomic E-state index is 11.1. The highest BCUT2D eigenvalue weighted by molar-refractivity contribution is 7.98. The van der Waals surface area contributed by atoms with Gasteiger partial charge in [0.1, 0.15) is 0 Å². The number of benzene rings is 1. The lowest BCUT2D eigenvalue weighted by Gasteiger charge is -2.21. The van der Waals surface area contributed by atoms with Crippen LogP contribution in [0, 0.1) is 5.41 Å². The van der Waals surface area contributed by atoms with Gasteiger partial charge in [-0.3, -0.25) is 4.79 Å². The standard InChI is InChI=1S/C12H15ClO2S/c1-12(2,11(14)15)7-8-9(13)5-4-6-10(8)16-3/h4-6H,7H2,1-3H3,(H,14,15). The van der Waals surface area contributed by atoms with E-state index in [0.717, 1.165) is 10.5 Å². The molecule has 88 valence electrons. The van der Waals surface area contributed by atoms with Crippen LogP contribution in [0.1, 0.15) is 19.4 Å². The van der Waals surface area contributed by atoms with Crippen molar-refractivity contribution in [1.82, 2.24) is 0 Å². The average molecular weight is 259 g/mol. The number of halogens is 1. The Morgan fingerprint density at radius 2 is 2.12 bits per heavy atom. The van der Waals surface area contributed by atoms with E-state index in [4.69, 9.17) is 16.7 Å². The molecule has 1 aromatic rings. The Bertz CT molecular complexity index is 402. The summed E-state index contributed by atoms with van der Waals surface area (Å²) in [6, 6.07) is 5.64. The van der Waals surface area contributed by atoms with Crippen molar-refractivity contribution in [3.63, 3.8) is 0 Å². The minimum atomic E-state index is -0.806. The van der Waals surface area contributed by atoms with Crippen LogP contribution >= 0.6 is 23.4 Å². The molecule has 0 radical (unpaired) electrons. The zero-order chi connectivity index (χ0) is 12.3. The fourth-order valence-corrected chi connectivity index (χ4v) is 2.36. The van der Waals surface area contributed by atoms with Crippen LogP contribution in [-0.2, 0) is 11.2 Å². The first-order chi connectivity index (χ1) is 7.38. The molecule has 0 aliphatic carbocycles. The normalized spacial score (nSPS) is 11.5. The summed E-state index contributed by atoms with van der Waals surface area (Å²) < 4.78 is 0. The number of hydrogen-bond acceptors (Lipinski definition) is 2. The van der Waals surface area contributed by atoms with E-state index in [2.05, 4.69) is 0 Å². The van der Waals surface area contributed by atoms with Gasteiger partial charge in [-0.2, -0.15) is 0 Å². The summed E-state index contributed by atoms with van der Waals surface area (Å²) in [4.78, 5) is 12.1. The van der Waals surface area contributed by atoms with E-state index in [9.17, 15) is 4.79 Å². The molecule has 0 bridgehead atoms. The summed E-state index contributed by atoms with van der Waals surface area (Å²) in [7, 11) is 0. The number of rotatable bonds is 4. The number of aliphatic carboxylic acids is 1. The van der Waals surface area contributed by atoms with Gasteiger partial charge < -0.3 is 5.11 Å². The Labute approximate surface area is 105 Å². The Balaban J connectivity index is 3.09. The van der Waals surface area contributed by atoms with E-state index in [1.807, 2.05) is 18.4 Å². The number of thioether (sulfide) groups is 1. The van der Waals surface area contributed by atoms with Crippen molar-refractivity contribution < 1.29 is 9.90 Å². The van der Waals surface area contributed by atoms with E-state index < -0.39 is 11.4 Å². The van der Waals surface area contributed by atoms with Crippen LogP contribution in [0.2, 0.25) is 5.02 Å². The molecule has 0 unspecified atom stereocenters. The minimum absolute atomic E-state index is 0.443. The molecule has 0 heterocycles. The van der Waals surface area contributed by atoms with Gasteiger partial charge >= 0.3 is 5.97 Å². The molecule has 0 saturated heterocycles. The first kappa shape index (κ1) is 13.4. The Hall–Kier alpha value is -0.670. The molecule has 0 amide bonds. The summed E-state index contributed by atoms with van der Waals surface area (Å²) in [6.07, 6.45) is 2.40. The van der Waals surface area contributed by atoms with Crippen LogP contribution in [0.25, 0.3) is 0 Å². The molecule has 2 nitrogen and oxygen atoms in total. The van der Waals surface area contributed by atoms with E-state index in [1.54, 1.807) is 31.7 Å². The topological polar surface area (TPSA) is 37.3 Å². The maximum Gasteiger partial charge on any atom is 0.309 e. The van der Waals surface area contributed by atoms with Crippen LogP contribution in [-0.4, -0.2) is 17.3 Å². The molecule has 0 fully saturated rings. The molecule has 0 atom stereocenters. The van der Waals surface area contributed by atoms with Gasteiger partial charge in [0.15, 0.2) is 0 Å². The molecule has 4 heteroatoms. The van der Waals surface area contributed by atoms with Gasteiger partial charge in [-0.15, -0.1) is 11.8 Å². The lowest BCUT2D eigenvalue weighted by atomic mass is 9.86. The smallest absolute Gasteiger partial charge is 0.309 e. The third kappa shape index (κ3) is 2.92. The fourth-order valence-electron chi connectivity index (χ4n) is 1.42. The van der Waals surface area contributed by atoms with Gasteiger partial charge in [0.25, 0.3) is 0 Å². The summed E-state index contributed by atoms with van der Waals surface area (Å²) in [5.74, 6) is -0.806. The van der Waals surface area contributed by atoms with Crippen LogP contribution in [0.4, 0.5) is 0 Å². The second-order valence-electron chi connectivity index (χ2n) is 4.29. The molecular weight excluding hydrogens is 244 g/mol. The largest absolute Gasteiger partial charge is 0.481 e. The second-order valence-corrected chi connectivity index (χ2v) is 5.54. The van der Waals surface area contributed by atoms with E-state index in [1.165, 1.54) is 0 Å². The van der Waals surface area contributed by atoms with Gasteiger partial charge in [0, 0.05) is 9.92 Å². The predicted octanol–water partition coefficient (Wildman–Crippen LogP) is 3.72. The number of hydrogen-bond donors (Lipinski definition) is 1. The molecule has 1 rings (SSSR count). The lowest BCUT2D eigenvalue weighted by molar-refractivity contribution is -0.146. The lowest BCUT2D eigenvalue weighted by Crippen LogP contribution is -2.26. The highest BCUT2D eigenvalue weighted by atomic mass is 35.5. The Morgan fingerprint density at radius 3 is 2.62 bits per heavy atom. The molecule has 16 heavy (non-hydrogen) atoms. The number of carboxylic acids is 1. The molecule has 0 spiro atoms. The van der Waals surface area contributed by atoms with Crippen LogP contribution in [0.5, 0.6) is 0 Å². The van der Waals surface area contributed by atoms with Crippen molar-refractivity contribution in [2.24, 2.45) is 5.41 Å². The van der Waals surface area contributed by atoms with Crippen molar-refractivity contribution in [2.45, 2.75) is 25.2 Å². The molecule has 0 aliphatic rings. The van der Waals surface area contributed by atoms with E-state index >= 15 is 0 Å². The van der Waals surface area contributed by atoms with Crippen molar-refractivity contribution in [3.8, 4) is 0 Å². The van der Waals surface area contributed by atoms with Gasteiger partial charge in [0.2, 0.25) is 0 Å². The highest BCUT2D eigenvalue weighted by Gasteiger charge is 2.29. The minimum Gasteiger partial charge on any atom is -0.481 e. The van der Waals surface area contributed by atoms with Gasteiger partial charge in [0.05, 0.1) is 5.41 Å². The number of carboxylic acid groups (broad SMARTS) is 1. The summed E-state index contributed by atoms with van der Waals surface area (Å²) in [5, 5.41) is 9.75. The summed E-state index contributed by atoms with van der Waals surface area (Å²) >= 11 is 7.70. The molecule has 1 aromatic carbocycles. The monoisotopic (exact) mass is 258 g/mol. The molecule has 1 N–H and O–H groups in total. The first-order valence-electron chi connectivity index (χ1n) is 4.93. The highest BCUT2D eigenvalue weighted by Crippen LogP contribution is 2.33. The van der Waals surface area contributed by atoms with Gasteiger partial charge in [-0.25, -0.2) is 0 Å². The average Bonchev–Trinajstić information content (AvgIpc) is 2.20.